The number of fused-ring (bicyclic) bond motifs is 1. The molecule has 1 N–H and O–H groups in total. The van der Waals surface area contributed by atoms with Gasteiger partial charge in [0.15, 0.2) is 11.5 Å². The first-order chi connectivity index (χ1) is 9.87. The highest BCUT2D eigenvalue weighted by atomic mass is 16.6. The molecule has 0 aromatic heterocycles. The number of nitrogens with zero attached hydrogens (tertiary/aromatic N) is 1. The van der Waals surface area contributed by atoms with Gasteiger partial charge >= 0.3 is 0 Å². The third-order valence-corrected chi connectivity index (χ3v) is 3.29. The lowest BCUT2D eigenvalue weighted by Gasteiger charge is -2.30. The zero-order chi connectivity index (χ0) is 15.5. The second kappa shape index (κ2) is 6.35. The summed E-state index contributed by atoms with van der Waals surface area (Å²) in [5, 5.41) is 2.96. The average Bonchev–Trinajstić information content (AvgIpc) is 2.43. The van der Waals surface area contributed by atoms with Crippen LogP contribution in [0.4, 0.5) is 0 Å². The summed E-state index contributed by atoms with van der Waals surface area (Å²) in [4.78, 5) is 14.3. The summed E-state index contributed by atoms with van der Waals surface area (Å²) >= 11 is 0. The minimum Gasteiger partial charge on any atom is -0.485 e. The van der Waals surface area contributed by atoms with Crippen LogP contribution in [0.5, 0.6) is 11.5 Å². The Kier molecular flexibility index (Phi) is 4.73. The summed E-state index contributed by atoms with van der Waals surface area (Å²) in [6.45, 7) is 6.00. The maximum Gasteiger partial charge on any atom is 0.264 e. The van der Waals surface area contributed by atoms with Crippen LogP contribution in [0.15, 0.2) is 24.3 Å². The number of rotatable bonds is 5. The van der Waals surface area contributed by atoms with Gasteiger partial charge in [-0.1, -0.05) is 26.0 Å². The molecule has 0 aliphatic carbocycles. The molecule has 0 fully saturated rings. The number of ether oxygens (including phenoxy) is 2. The zero-order valence-corrected chi connectivity index (χ0v) is 13.2. The van der Waals surface area contributed by atoms with Crippen LogP contribution in [0, 0.1) is 5.41 Å². The van der Waals surface area contributed by atoms with Crippen LogP contribution in [0.25, 0.3) is 0 Å². The molecule has 0 saturated carbocycles. The number of hydrogen-bond donors (Lipinski definition) is 1. The Balaban J connectivity index is 1.88. The molecule has 5 nitrogen and oxygen atoms in total. The Morgan fingerprint density at radius 1 is 1.33 bits per heavy atom. The standard InChI is InChI=1S/C16H24N2O3/c1-16(2,11-18(3)4)10-17-15(19)14-9-20-12-7-5-6-8-13(12)21-14/h5-8,14H,9-11H2,1-4H3,(H,17,19). The van der Waals surface area contributed by atoms with Crippen molar-refractivity contribution in [2.45, 2.75) is 20.0 Å². The van der Waals surface area contributed by atoms with E-state index in [2.05, 4.69) is 24.1 Å². The predicted molar refractivity (Wildman–Crippen MR) is 81.7 cm³/mol. The summed E-state index contributed by atoms with van der Waals surface area (Å²) in [6, 6.07) is 7.39. The monoisotopic (exact) mass is 292 g/mol. The quantitative estimate of drug-likeness (QED) is 0.894. The van der Waals surface area contributed by atoms with Crippen LogP contribution in [0.1, 0.15) is 13.8 Å². The molecular weight excluding hydrogens is 268 g/mol. The normalized spacial score (nSPS) is 17.7. The fourth-order valence-electron chi connectivity index (χ4n) is 2.50. The van der Waals surface area contributed by atoms with E-state index in [9.17, 15) is 4.79 Å². The van der Waals surface area contributed by atoms with Crippen LogP contribution < -0.4 is 14.8 Å². The molecule has 1 atom stereocenters. The molecule has 1 aromatic rings. The van der Waals surface area contributed by atoms with Crippen molar-refractivity contribution in [1.82, 2.24) is 10.2 Å². The van der Waals surface area contributed by atoms with Crippen molar-refractivity contribution >= 4 is 5.91 Å². The average molecular weight is 292 g/mol. The van der Waals surface area contributed by atoms with Gasteiger partial charge in [0.25, 0.3) is 5.91 Å². The van der Waals surface area contributed by atoms with E-state index in [0.717, 1.165) is 6.54 Å². The van der Waals surface area contributed by atoms with Gasteiger partial charge in [-0.15, -0.1) is 0 Å². The number of carbonyl (C=O) groups is 1. The Morgan fingerprint density at radius 2 is 2.00 bits per heavy atom. The Bertz CT molecular complexity index is 500. The molecule has 1 aliphatic heterocycles. The Hall–Kier alpha value is -1.75. The molecule has 1 aliphatic rings. The molecule has 2 rings (SSSR count). The Morgan fingerprint density at radius 3 is 2.67 bits per heavy atom. The highest BCUT2D eigenvalue weighted by Gasteiger charge is 2.28. The molecule has 1 aromatic carbocycles. The van der Waals surface area contributed by atoms with Gasteiger partial charge in [0.05, 0.1) is 0 Å². The van der Waals surface area contributed by atoms with Crippen molar-refractivity contribution in [2.75, 3.05) is 33.8 Å². The first kappa shape index (κ1) is 15.6. The molecule has 0 saturated heterocycles. The third-order valence-electron chi connectivity index (χ3n) is 3.29. The highest BCUT2D eigenvalue weighted by Crippen LogP contribution is 2.30. The van der Waals surface area contributed by atoms with Gasteiger partial charge in [-0.3, -0.25) is 4.79 Å². The lowest BCUT2D eigenvalue weighted by molar-refractivity contribution is -0.130. The number of amides is 1. The number of carbonyl (C=O) groups excluding carboxylic acids is 1. The molecule has 0 radical (unpaired) electrons. The van der Waals surface area contributed by atoms with Crippen molar-refractivity contribution < 1.29 is 14.3 Å². The van der Waals surface area contributed by atoms with Crippen LogP contribution in [0.3, 0.4) is 0 Å². The molecule has 5 heteroatoms. The second-order valence-corrected chi connectivity index (χ2v) is 6.48. The van der Waals surface area contributed by atoms with Gasteiger partial charge in [0.1, 0.15) is 6.61 Å². The zero-order valence-electron chi connectivity index (χ0n) is 13.2. The molecule has 21 heavy (non-hydrogen) atoms. The topological polar surface area (TPSA) is 50.8 Å². The van der Waals surface area contributed by atoms with Crippen molar-refractivity contribution in [1.29, 1.82) is 0 Å². The summed E-state index contributed by atoms with van der Waals surface area (Å²) < 4.78 is 11.3. The number of hydrogen-bond acceptors (Lipinski definition) is 4. The van der Waals surface area contributed by atoms with E-state index in [1.807, 2.05) is 38.4 Å². The molecule has 0 bridgehead atoms. The third kappa shape index (κ3) is 4.36. The van der Waals surface area contributed by atoms with E-state index < -0.39 is 6.10 Å². The molecule has 0 spiro atoms. The summed E-state index contributed by atoms with van der Waals surface area (Å²) in [5.74, 6) is 1.18. The fourth-order valence-corrected chi connectivity index (χ4v) is 2.50. The van der Waals surface area contributed by atoms with E-state index >= 15 is 0 Å². The van der Waals surface area contributed by atoms with Crippen LogP contribution in [-0.2, 0) is 4.79 Å². The molecule has 1 heterocycles. The molecular formula is C16H24N2O3. The maximum atomic E-state index is 12.2. The van der Waals surface area contributed by atoms with Gasteiger partial charge in [0, 0.05) is 13.1 Å². The van der Waals surface area contributed by atoms with Gasteiger partial charge in [-0.2, -0.15) is 0 Å². The number of nitrogens with one attached hydrogen (secondary N) is 1. The fraction of sp³-hybridized carbons (Fsp3) is 0.562. The van der Waals surface area contributed by atoms with Gasteiger partial charge in [-0.25, -0.2) is 0 Å². The summed E-state index contributed by atoms with van der Waals surface area (Å²) in [5.41, 5.74) is 0.00654. The van der Waals surface area contributed by atoms with E-state index in [1.165, 1.54) is 0 Å². The lowest BCUT2D eigenvalue weighted by atomic mass is 9.93. The number of benzene rings is 1. The van der Waals surface area contributed by atoms with E-state index in [-0.39, 0.29) is 17.9 Å². The smallest absolute Gasteiger partial charge is 0.264 e. The maximum absolute atomic E-state index is 12.2. The largest absolute Gasteiger partial charge is 0.485 e. The lowest BCUT2D eigenvalue weighted by Crippen LogP contribution is -2.48. The molecule has 1 unspecified atom stereocenters. The number of para-hydroxylation sites is 2. The predicted octanol–water partition coefficient (Wildman–Crippen LogP) is 1.53. The van der Waals surface area contributed by atoms with Crippen molar-refractivity contribution in [3.8, 4) is 11.5 Å². The van der Waals surface area contributed by atoms with E-state index in [4.69, 9.17) is 9.47 Å². The first-order valence-electron chi connectivity index (χ1n) is 7.18. The summed E-state index contributed by atoms with van der Waals surface area (Å²) in [7, 11) is 4.05. The van der Waals surface area contributed by atoms with Crippen molar-refractivity contribution in [2.24, 2.45) is 5.41 Å². The van der Waals surface area contributed by atoms with Gasteiger partial charge in [0.2, 0.25) is 6.10 Å². The first-order valence-corrected chi connectivity index (χ1v) is 7.18. The van der Waals surface area contributed by atoms with E-state index in [1.54, 1.807) is 0 Å². The molecule has 116 valence electrons. The van der Waals surface area contributed by atoms with Crippen molar-refractivity contribution in [3.05, 3.63) is 24.3 Å². The second-order valence-electron chi connectivity index (χ2n) is 6.48. The molecule has 1 amide bonds. The van der Waals surface area contributed by atoms with Gasteiger partial charge < -0.3 is 19.7 Å². The minimum atomic E-state index is -0.588. The highest BCUT2D eigenvalue weighted by molar-refractivity contribution is 5.81. The van der Waals surface area contributed by atoms with Crippen LogP contribution in [-0.4, -0.2) is 50.7 Å². The van der Waals surface area contributed by atoms with Crippen LogP contribution >= 0.6 is 0 Å². The Labute approximate surface area is 126 Å². The SMILES string of the molecule is CN(C)CC(C)(C)CNC(=O)C1COc2ccccc2O1. The van der Waals surface area contributed by atoms with Crippen LogP contribution in [0.2, 0.25) is 0 Å². The van der Waals surface area contributed by atoms with Gasteiger partial charge in [-0.05, 0) is 31.6 Å². The summed E-state index contributed by atoms with van der Waals surface area (Å²) in [6.07, 6.45) is -0.588. The van der Waals surface area contributed by atoms with Crippen molar-refractivity contribution in [3.63, 3.8) is 0 Å². The van der Waals surface area contributed by atoms with E-state index in [0.29, 0.717) is 18.0 Å². The minimum absolute atomic E-state index is 0.00654.